The number of H-pyrrole nitrogens is 2. The minimum Gasteiger partial charge on any atom is -0.355 e. The lowest BCUT2D eigenvalue weighted by Gasteiger charge is -2.09. The Hall–Kier alpha value is -3.34. The lowest BCUT2D eigenvalue weighted by atomic mass is 10.1. The summed E-state index contributed by atoms with van der Waals surface area (Å²) in [4.78, 5) is 22.8. The highest BCUT2D eigenvalue weighted by Gasteiger charge is 2.23. The van der Waals surface area contributed by atoms with Gasteiger partial charge in [0, 0.05) is 28.7 Å². The summed E-state index contributed by atoms with van der Waals surface area (Å²) in [5, 5.41) is 1.19. The molecule has 0 radical (unpaired) electrons. The molecule has 0 saturated carbocycles. The van der Waals surface area contributed by atoms with E-state index in [1.54, 1.807) is 4.57 Å². The van der Waals surface area contributed by atoms with Gasteiger partial charge in [0.15, 0.2) is 5.82 Å². The first-order valence-corrected chi connectivity index (χ1v) is 8.28. The minimum absolute atomic E-state index is 0.127. The fourth-order valence-electron chi connectivity index (χ4n) is 3.49. The van der Waals surface area contributed by atoms with Crippen molar-refractivity contribution < 1.29 is 0 Å². The highest BCUT2D eigenvalue weighted by Crippen LogP contribution is 2.31. The van der Waals surface area contributed by atoms with Crippen LogP contribution in [0, 0.1) is 0 Å². The molecule has 2 aromatic carbocycles. The van der Waals surface area contributed by atoms with Crippen LogP contribution in [0.15, 0.2) is 64.4 Å². The smallest absolute Gasteiger partial charge is 0.332 e. The average molecular weight is 328 g/mol. The van der Waals surface area contributed by atoms with Gasteiger partial charge in [0.05, 0.1) is 11.4 Å². The number of imidazole rings is 1. The molecular weight excluding hydrogens is 312 g/mol. The molecule has 2 aromatic heterocycles. The largest absolute Gasteiger partial charge is 0.355 e. The first-order chi connectivity index (χ1) is 12.2. The van der Waals surface area contributed by atoms with Gasteiger partial charge in [-0.15, -0.1) is 0 Å². The summed E-state index contributed by atoms with van der Waals surface area (Å²) < 4.78 is 1.71. The van der Waals surface area contributed by atoms with Crippen LogP contribution in [0.3, 0.4) is 0 Å². The van der Waals surface area contributed by atoms with Crippen LogP contribution in [0.25, 0.3) is 27.8 Å². The Morgan fingerprint density at radius 2 is 1.84 bits per heavy atom. The molecular formula is C20H16N4O. The van der Waals surface area contributed by atoms with Gasteiger partial charge in [0.25, 0.3) is 0 Å². The van der Waals surface area contributed by atoms with Gasteiger partial charge in [0.2, 0.25) is 0 Å². The maximum absolute atomic E-state index is 12.3. The summed E-state index contributed by atoms with van der Waals surface area (Å²) in [6.45, 7) is 2.04. The van der Waals surface area contributed by atoms with E-state index in [1.807, 2.05) is 49.5 Å². The third-order valence-electron chi connectivity index (χ3n) is 4.74. The van der Waals surface area contributed by atoms with E-state index in [2.05, 4.69) is 33.2 Å². The quantitative estimate of drug-likeness (QED) is 0.571. The van der Waals surface area contributed by atoms with Gasteiger partial charge in [-0.1, -0.05) is 37.3 Å². The molecule has 5 heteroatoms. The molecule has 0 fully saturated rings. The van der Waals surface area contributed by atoms with E-state index in [4.69, 9.17) is 0 Å². The summed E-state index contributed by atoms with van der Waals surface area (Å²) in [6, 6.07) is 18.4. The van der Waals surface area contributed by atoms with Crippen LogP contribution in [0.5, 0.6) is 0 Å². The lowest BCUT2D eigenvalue weighted by molar-refractivity contribution is 0.877. The minimum atomic E-state index is -0.146. The van der Waals surface area contributed by atoms with Crippen molar-refractivity contribution in [1.29, 1.82) is 0 Å². The fraction of sp³-hybridized carbons (Fsp3) is 0.100. The molecule has 1 unspecified atom stereocenters. The third-order valence-corrected chi connectivity index (χ3v) is 4.74. The number of hydrogen-bond acceptors (Lipinski definition) is 2. The zero-order valence-corrected chi connectivity index (χ0v) is 13.7. The Labute approximate surface area is 143 Å². The van der Waals surface area contributed by atoms with E-state index < -0.39 is 0 Å². The van der Waals surface area contributed by atoms with Gasteiger partial charge < -0.3 is 4.98 Å². The first kappa shape index (κ1) is 14.0. The average Bonchev–Trinajstić information content (AvgIpc) is 3.29. The van der Waals surface area contributed by atoms with Gasteiger partial charge in [-0.2, -0.15) is 0 Å². The molecule has 1 atom stereocenters. The van der Waals surface area contributed by atoms with Crippen LogP contribution in [0.4, 0.5) is 5.82 Å². The summed E-state index contributed by atoms with van der Waals surface area (Å²) in [7, 11) is 0. The van der Waals surface area contributed by atoms with E-state index in [9.17, 15) is 4.79 Å². The highest BCUT2D eigenvalue weighted by molar-refractivity contribution is 5.86. The molecule has 3 heterocycles. The van der Waals surface area contributed by atoms with Crippen LogP contribution < -0.4 is 5.69 Å². The van der Waals surface area contributed by atoms with Crippen LogP contribution in [0.2, 0.25) is 0 Å². The number of aromatic amines is 2. The standard InChI is InChI=1S/C20H16N4O/c1-12-11-21-19-18(12)24(20(25)23-19)15-8-6-13(7-9-15)17-10-14-4-2-3-5-16(14)22-17/h2-12,22H,1H3,(H,23,25). The molecule has 5 rings (SSSR count). The van der Waals surface area contributed by atoms with Gasteiger partial charge >= 0.3 is 5.69 Å². The molecule has 0 spiro atoms. The van der Waals surface area contributed by atoms with Crippen molar-refractivity contribution in [2.75, 3.05) is 0 Å². The molecule has 0 aliphatic carbocycles. The van der Waals surface area contributed by atoms with E-state index in [0.717, 1.165) is 28.2 Å². The molecule has 0 bridgehead atoms. The number of aliphatic imine (C=N–C) groups is 1. The lowest BCUT2D eigenvalue weighted by Crippen LogP contribution is -2.18. The summed E-state index contributed by atoms with van der Waals surface area (Å²) in [6.07, 6.45) is 1.86. The maximum Gasteiger partial charge on any atom is 0.332 e. The number of rotatable bonds is 2. The number of para-hydroxylation sites is 1. The van der Waals surface area contributed by atoms with Crippen LogP contribution in [0.1, 0.15) is 18.5 Å². The van der Waals surface area contributed by atoms with Crippen LogP contribution in [-0.4, -0.2) is 20.7 Å². The third kappa shape index (κ3) is 2.09. The second-order valence-corrected chi connectivity index (χ2v) is 6.38. The van der Waals surface area contributed by atoms with E-state index in [1.165, 1.54) is 5.39 Å². The molecule has 25 heavy (non-hydrogen) atoms. The fourth-order valence-corrected chi connectivity index (χ4v) is 3.49. The first-order valence-electron chi connectivity index (χ1n) is 8.28. The van der Waals surface area contributed by atoms with Crippen molar-refractivity contribution >= 4 is 22.9 Å². The van der Waals surface area contributed by atoms with Crippen molar-refractivity contribution in [2.45, 2.75) is 12.8 Å². The van der Waals surface area contributed by atoms with Crippen LogP contribution in [-0.2, 0) is 0 Å². The molecule has 4 aromatic rings. The summed E-state index contributed by atoms with van der Waals surface area (Å²) in [5.74, 6) is 0.791. The predicted molar refractivity (Wildman–Crippen MR) is 100 cm³/mol. The topological polar surface area (TPSA) is 65.9 Å². The van der Waals surface area contributed by atoms with Gasteiger partial charge in [0.1, 0.15) is 0 Å². The molecule has 122 valence electrons. The number of benzene rings is 2. The van der Waals surface area contributed by atoms with Gasteiger partial charge in [-0.3, -0.25) is 9.55 Å². The van der Waals surface area contributed by atoms with Gasteiger partial charge in [-0.25, -0.2) is 9.79 Å². The normalized spacial score (nSPS) is 15.8. The van der Waals surface area contributed by atoms with Crippen molar-refractivity contribution in [3.8, 4) is 16.9 Å². The number of fused-ring (bicyclic) bond motifs is 2. The van der Waals surface area contributed by atoms with Crippen molar-refractivity contribution in [3.63, 3.8) is 0 Å². The monoisotopic (exact) mass is 328 g/mol. The molecule has 1 aliphatic rings. The Morgan fingerprint density at radius 3 is 2.64 bits per heavy atom. The Morgan fingerprint density at radius 1 is 1.04 bits per heavy atom. The van der Waals surface area contributed by atoms with E-state index in [-0.39, 0.29) is 11.6 Å². The van der Waals surface area contributed by atoms with Crippen molar-refractivity contribution in [1.82, 2.24) is 14.5 Å². The number of hydrogen-bond donors (Lipinski definition) is 2. The Balaban J connectivity index is 1.58. The highest BCUT2D eigenvalue weighted by atomic mass is 16.1. The number of aromatic nitrogens is 3. The molecule has 0 saturated heterocycles. The number of nitrogens with zero attached hydrogens (tertiary/aromatic N) is 2. The van der Waals surface area contributed by atoms with Crippen molar-refractivity contribution in [3.05, 3.63) is 70.8 Å². The molecule has 1 aliphatic heterocycles. The second-order valence-electron chi connectivity index (χ2n) is 6.38. The van der Waals surface area contributed by atoms with Crippen molar-refractivity contribution in [2.24, 2.45) is 4.99 Å². The van der Waals surface area contributed by atoms with E-state index in [0.29, 0.717) is 5.82 Å². The van der Waals surface area contributed by atoms with Gasteiger partial charge in [-0.05, 0) is 29.8 Å². The Bertz CT molecular complexity index is 1140. The Kier molecular flexibility index (Phi) is 2.85. The van der Waals surface area contributed by atoms with Crippen LogP contribution >= 0.6 is 0 Å². The second kappa shape index (κ2) is 5.08. The summed E-state index contributed by atoms with van der Waals surface area (Å²) >= 11 is 0. The molecule has 5 nitrogen and oxygen atoms in total. The zero-order chi connectivity index (χ0) is 17.0. The summed E-state index contributed by atoms with van der Waals surface area (Å²) in [5.41, 5.74) is 4.89. The predicted octanol–water partition coefficient (Wildman–Crippen LogP) is 4.13. The molecule has 2 N–H and O–H groups in total. The molecule has 0 amide bonds. The van der Waals surface area contributed by atoms with E-state index >= 15 is 0 Å². The number of nitrogens with one attached hydrogen (secondary N) is 2. The zero-order valence-electron chi connectivity index (χ0n) is 13.7. The SMILES string of the molecule is CC1C=Nc2[nH]c(=O)n(-c3ccc(-c4cc5ccccc5[nH]4)cc3)c21. The maximum atomic E-state index is 12.3.